The van der Waals surface area contributed by atoms with Gasteiger partial charge in [-0.3, -0.25) is 0 Å². The number of fused-ring (bicyclic) bond motifs is 1. The number of hydrogen-bond acceptors (Lipinski definition) is 4. The van der Waals surface area contributed by atoms with Gasteiger partial charge >= 0.3 is 0 Å². The third kappa shape index (κ3) is 2.25. The quantitative estimate of drug-likeness (QED) is 0.937. The summed E-state index contributed by atoms with van der Waals surface area (Å²) in [4.78, 5) is 4.61. The van der Waals surface area contributed by atoms with E-state index >= 15 is 0 Å². The maximum absolute atomic E-state index is 6.45. The zero-order chi connectivity index (χ0) is 15.1. The van der Waals surface area contributed by atoms with Crippen molar-refractivity contribution in [1.82, 2.24) is 14.5 Å². The summed E-state index contributed by atoms with van der Waals surface area (Å²) in [5.41, 5.74) is 10.8. The number of aryl methyl sites for hydroxylation is 2. The van der Waals surface area contributed by atoms with Gasteiger partial charge in [-0.25, -0.2) is 4.52 Å². The van der Waals surface area contributed by atoms with Crippen LogP contribution in [0.25, 0.3) is 5.52 Å². The van der Waals surface area contributed by atoms with Gasteiger partial charge in [-0.15, -0.1) is 5.10 Å². The van der Waals surface area contributed by atoms with Crippen LogP contribution in [0.1, 0.15) is 24.6 Å². The zero-order valence-corrected chi connectivity index (χ0v) is 13.4. The van der Waals surface area contributed by atoms with E-state index in [4.69, 9.17) is 10.8 Å². The normalized spacial score (nSPS) is 19.1. The molecule has 5 heteroatoms. The number of nitrogens with zero attached hydrogens (tertiary/aromatic N) is 4. The van der Waals surface area contributed by atoms with Gasteiger partial charge in [0.1, 0.15) is 5.69 Å². The summed E-state index contributed by atoms with van der Waals surface area (Å²) in [6, 6.07) is 4.87. The number of pyridine rings is 1. The van der Waals surface area contributed by atoms with Gasteiger partial charge in [0.15, 0.2) is 5.82 Å². The van der Waals surface area contributed by atoms with Crippen molar-refractivity contribution < 1.29 is 0 Å². The number of likely N-dealkylation sites (N-methyl/N-ethyl adjacent to an activating group) is 1. The average Bonchev–Trinajstić information content (AvgIpc) is 3.05. The second kappa shape index (κ2) is 5.22. The van der Waals surface area contributed by atoms with Crippen molar-refractivity contribution in [3.8, 4) is 0 Å². The topological polar surface area (TPSA) is 49.8 Å². The lowest BCUT2D eigenvalue weighted by molar-refractivity contribution is 0.315. The second-order valence-corrected chi connectivity index (χ2v) is 6.20. The minimum absolute atomic E-state index is 0.584. The van der Waals surface area contributed by atoms with Crippen LogP contribution in [0.2, 0.25) is 0 Å². The van der Waals surface area contributed by atoms with Crippen LogP contribution in [0.15, 0.2) is 12.1 Å². The number of anilines is 2. The highest BCUT2D eigenvalue weighted by Crippen LogP contribution is 2.32. The van der Waals surface area contributed by atoms with Crippen molar-refractivity contribution in [2.24, 2.45) is 0 Å². The van der Waals surface area contributed by atoms with Gasteiger partial charge in [0.2, 0.25) is 0 Å². The highest BCUT2D eigenvalue weighted by molar-refractivity contribution is 5.84. The fraction of sp³-hybridized carbons (Fsp3) is 0.562. The molecule has 0 aliphatic carbocycles. The molecular weight excluding hydrogens is 262 g/mol. The van der Waals surface area contributed by atoms with Crippen LogP contribution in [0.3, 0.4) is 0 Å². The Morgan fingerprint density at radius 3 is 2.76 bits per heavy atom. The van der Waals surface area contributed by atoms with Crippen molar-refractivity contribution in [2.75, 3.05) is 37.8 Å². The first-order chi connectivity index (χ1) is 10.0. The summed E-state index contributed by atoms with van der Waals surface area (Å²) in [5.74, 6) is 0.948. The van der Waals surface area contributed by atoms with Gasteiger partial charge in [0.05, 0.1) is 5.52 Å². The molecule has 2 N–H and O–H groups in total. The van der Waals surface area contributed by atoms with Crippen LogP contribution in [0.4, 0.5) is 11.5 Å². The summed E-state index contributed by atoms with van der Waals surface area (Å²) in [5, 5.41) is 4.80. The summed E-state index contributed by atoms with van der Waals surface area (Å²) in [6.45, 7) is 6.27. The minimum atomic E-state index is 0.584. The standard InChI is InChI=1S/C16H25N5/c1-5-12-7-6-11(2)21-15(12)14(17)16(18-21)20-9-8-13(10-20)19(3)4/h6-7,13H,5,8-10,17H2,1-4H3. The molecule has 3 rings (SSSR count). The third-order valence-corrected chi connectivity index (χ3v) is 4.64. The van der Waals surface area contributed by atoms with Crippen molar-refractivity contribution >= 4 is 17.0 Å². The summed E-state index contributed by atoms with van der Waals surface area (Å²) >= 11 is 0. The Hall–Kier alpha value is -1.75. The molecule has 0 bridgehead atoms. The molecule has 1 atom stereocenters. The Balaban J connectivity index is 2.05. The monoisotopic (exact) mass is 287 g/mol. The second-order valence-electron chi connectivity index (χ2n) is 6.20. The Labute approximate surface area is 126 Å². The van der Waals surface area contributed by atoms with Gasteiger partial charge in [0, 0.05) is 24.8 Å². The first-order valence-corrected chi connectivity index (χ1v) is 7.71. The highest BCUT2D eigenvalue weighted by Gasteiger charge is 2.28. The number of rotatable bonds is 3. The van der Waals surface area contributed by atoms with Crippen LogP contribution < -0.4 is 10.6 Å². The average molecular weight is 287 g/mol. The predicted molar refractivity (Wildman–Crippen MR) is 88.0 cm³/mol. The van der Waals surface area contributed by atoms with Crippen molar-refractivity contribution in [2.45, 2.75) is 32.7 Å². The predicted octanol–water partition coefficient (Wildman–Crippen LogP) is 1.93. The summed E-state index contributed by atoms with van der Waals surface area (Å²) in [7, 11) is 4.28. The Morgan fingerprint density at radius 2 is 2.14 bits per heavy atom. The molecule has 0 saturated carbocycles. The van der Waals surface area contributed by atoms with E-state index in [0.717, 1.165) is 42.2 Å². The first-order valence-electron chi connectivity index (χ1n) is 7.71. The number of aromatic nitrogens is 2. The molecule has 0 aromatic carbocycles. The lowest BCUT2D eigenvalue weighted by atomic mass is 10.1. The van der Waals surface area contributed by atoms with Crippen LogP contribution >= 0.6 is 0 Å². The van der Waals surface area contributed by atoms with Gasteiger partial charge < -0.3 is 15.5 Å². The molecule has 1 unspecified atom stereocenters. The SMILES string of the molecule is CCc1ccc(C)n2nc(N3CCC(N(C)C)C3)c(N)c12. The third-order valence-electron chi connectivity index (χ3n) is 4.64. The van der Waals surface area contributed by atoms with E-state index in [0.29, 0.717) is 6.04 Å². The summed E-state index contributed by atoms with van der Waals surface area (Å²) in [6.07, 6.45) is 2.14. The lowest BCUT2D eigenvalue weighted by Crippen LogP contribution is -2.31. The maximum atomic E-state index is 6.45. The van der Waals surface area contributed by atoms with Crippen LogP contribution in [-0.2, 0) is 6.42 Å². The lowest BCUT2D eigenvalue weighted by Gasteiger charge is -2.20. The molecule has 0 amide bonds. The van der Waals surface area contributed by atoms with E-state index in [2.05, 4.69) is 49.9 Å². The fourth-order valence-corrected chi connectivity index (χ4v) is 3.23. The largest absolute Gasteiger partial charge is 0.394 e. The van der Waals surface area contributed by atoms with Crippen LogP contribution in [0.5, 0.6) is 0 Å². The van der Waals surface area contributed by atoms with Gasteiger partial charge in [0.25, 0.3) is 0 Å². The molecule has 2 aromatic heterocycles. The molecule has 1 aliphatic rings. The molecular formula is C16H25N5. The smallest absolute Gasteiger partial charge is 0.175 e. The van der Waals surface area contributed by atoms with E-state index in [1.54, 1.807) is 0 Å². The first kappa shape index (κ1) is 14.2. The van der Waals surface area contributed by atoms with Gasteiger partial charge in [-0.05, 0) is 45.5 Å². The number of nitrogens with two attached hydrogens (primary N) is 1. The molecule has 2 aromatic rings. The molecule has 0 spiro atoms. The Morgan fingerprint density at radius 1 is 1.38 bits per heavy atom. The van der Waals surface area contributed by atoms with Gasteiger partial charge in [-0.1, -0.05) is 13.0 Å². The van der Waals surface area contributed by atoms with E-state index < -0.39 is 0 Å². The molecule has 1 fully saturated rings. The Kier molecular flexibility index (Phi) is 3.53. The van der Waals surface area contributed by atoms with E-state index in [1.807, 2.05) is 4.52 Å². The molecule has 0 radical (unpaired) electrons. The van der Waals surface area contributed by atoms with Crippen molar-refractivity contribution in [1.29, 1.82) is 0 Å². The maximum Gasteiger partial charge on any atom is 0.175 e. The number of hydrogen-bond donors (Lipinski definition) is 1. The molecule has 114 valence electrons. The number of nitrogen functional groups attached to an aromatic ring is 1. The zero-order valence-electron chi connectivity index (χ0n) is 13.4. The molecule has 3 heterocycles. The van der Waals surface area contributed by atoms with Gasteiger partial charge in [-0.2, -0.15) is 0 Å². The van der Waals surface area contributed by atoms with E-state index in [1.165, 1.54) is 12.0 Å². The van der Waals surface area contributed by atoms with E-state index in [-0.39, 0.29) is 0 Å². The van der Waals surface area contributed by atoms with Crippen molar-refractivity contribution in [3.05, 3.63) is 23.4 Å². The fourth-order valence-electron chi connectivity index (χ4n) is 3.23. The minimum Gasteiger partial charge on any atom is -0.394 e. The molecule has 1 aliphatic heterocycles. The molecule has 5 nitrogen and oxygen atoms in total. The Bertz CT molecular complexity index is 658. The molecule has 1 saturated heterocycles. The highest BCUT2D eigenvalue weighted by atomic mass is 15.4. The van der Waals surface area contributed by atoms with Crippen molar-refractivity contribution in [3.63, 3.8) is 0 Å². The molecule has 21 heavy (non-hydrogen) atoms. The van der Waals surface area contributed by atoms with Crippen LogP contribution in [0, 0.1) is 6.92 Å². The van der Waals surface area contributed by atoms with E-state index in [9.17, 15) is 0 Å². The van der Waals surface area contributed by atoms with Crippen LogP contribution in [-0.4, -0.2) is 47.7 Å². The summed E-state index contributed by atoms with van der Waals surface area (Å²) < 4.78 is 2.01.